The normalized spacial score (nSPS) is 20.7. The molecular weight excluding hydrogens is 481 g/mol. The van der Waals surface area contributed by atoms with Crippen molar-refractivity contribution in [3.63, 3.8) is 0 Å². The number of anilines is 1. The summed E-state index contributed by atoms with van der Waals surface area (Å²) in [7, 11) is 0. The number of hydrogen-bond donors (Lipinski definition) is 2. The van der Waals surface area contributed by atoms with E-state index in [2.05, 4.69) is 70.3 Å². The van der Waals surface area contributed by atoms with Crippen molar-refractivity contribution in [2.45, 2.75) is 39.3 Å². The molecule has 1 atom stereocenters. The number of likely N-dealkylation sites (tertiary alicyclic amines) is 1. The van der Waals surface area contributed by atoms with Crippen molar-refractivity contribution >= 4 is 47.4 Å². The number of nitrogens with one attached hydrogen (secondary N) is 2. The van der Waals surface area contributed by atoms with Crippen LogP contribution in [-0.2, 0) is 6.54 Å². The zero-order valence-corrected chi connectivity index (χ0v) is 20.5. The molecule has 0 saturated carbocycles. The molecule has 1 aromatic carbocycles. The van der Waals surface area contributed by atoms with Gasteiger partial charge in [0.15, 0.2) is 5.96 Å². The largest absolute Gasteiger partial charge is 0.370 e. The van der Waals surface area contributed by atoms with E-state index in [1.807, 2.05) is 0 Å². The van der Waals surface area contributed by atoms with Crippen molar-refractivity contribution in [1.29, 1.82) is 0 Å². The number of aliphatic imine (C=N–C) groups is 1. The van der Waals surface area contributed by atoms with Gasteiger partial charge >= 0.3 is 0 Å². The predicted molar refractivity (Wildman–Crippen MR) is 134 cm³/mol. The van der Waals surface area contributed by atoms with Crippen LogP contribution in [0.15, 0.2) is 29.3 Å². The standard InChI is InChI=1S/C21H35N5S.HI/c1-3-22-21(24-17-20-6-5-11-25(20)4-2)23-16-18-7-9-19(10-8-18)26-12-14-27-15-13-26;/h7-10,20H,3-6,11-17H2,1-2H3,(H2,22,23,24);1H. The Morgan fingerprint density at radius 1 is 1.11 bits per heavy atom. The number of nitrogens with zero attached hydrogens (tertiary/aromatic N) is 3. The second-order valence-electron chi connectivity index (χ2n) is 7.27. The molecule has 28 heavy (non-hydrogen) atoms. The third kappa shape index (κ3) is 6.99. The smallest absolute Gasteiger partial charge is 0.191 e. The fraction of sp³-hybridized carbons (Fsp3) is 0.667. The van der Waals surface area contributed by atoms with Crippen molar-refractivity contribution in [3.05, 3.63) is 29.8 Å². The average molecular weight is 518 g/mol. The van der Waals surface area contributed by atoms with Crippen molar-refractivity contribution in [1.82, 2.24) is 15.5 Å². The fourth-order valence-electron chi connectivity index (χ4n) is 3.90. The summed E-state index contributed by atoms with van der Waals surface area (Å²) in [5.74, 6) is 3.40. The molecule has 0 aliphatic carbocycles. The molecule has 2 aliphatic rings. The summed E-state index contributed by atoms with van der Waals surface area (Å²) in [6.07, 6.45) is 2.60. The number of rotatable bonds is 7. The van der Waals surface area contributed by atoms with Gasteiger partial charge in [-0.25, -0.2) is 4.99 Å². The first-order valence-electron chi connectivity index (χ1n) is 10.5. The van der Waals surface area contributed by atoms with E-state index in [-0.39, 0.29) is 24.0 Å². The summed E-state index contributed by atoms with van der Waals surface area (Å²) >= 11 is 2.05. The van der Waals surface area contributed by atoms with Crippen LogP contribution in [0, 0.1) is 0 Å². The molecule has 2 aliphatic heterocycles. The maximum absolute atomic E-state index is 4.80. The van der Waals surface area contributed by atoms with E-state index >= 15 is 0 Å². The lowest BCUT2D eigenvalue weighted by molar-refractivity contribution is 0.267. The molecule has 1 aromatic rings. The minimum atomic E-state index is 0. The Labute approximate surface area is 192 Å². The molecule has 0 radical (unpaired) electrons. The maximum atomic E-state index is 4.80. The van der Waals surface area contributed by atoms with Crippen LogP contribution < -0.4 is 15.5 Å². The average Bonchev–Trinajstić information content (AvgIpc) is 3.19. The zero-order valence-electron chi connectivity index (χ0n) is 17.3. The van der Waals surface area contributed by atoms with Crippen LogP contribution in [0.3, 0.4) is 0 Å². The molecule has 5 nitrogen and oxygen atoms in total. The van der Waals surface area contributed by atoms with Crippen molar-refractivity contribution in [2.75, 3.05) is 55.7 Å². The first-order chi connectivity index (χ1) is 13.3. The van der Waals surface area contributed by atoms with Gasteiger partial charge in [-0.15, -0.1) is 24.0 Å². The number of guanidine groups is 1. The fourth-order valence-corrected chi connectivity index (χ4v) is 4.81. The van der Waals surface area contributed by atoms with Gasteiger partial charge in [-0.1, -0.05) is 19.1 Å². The number of benzene rings is 1. The van der Waals surface area contributed by atoms with Crippen LogP contribution in [-0.4, -0.2) is 67.7 Å². The van der Waals surface area contributed by atoms with Crippen molar-refractivity contribution in [3.8, 4) is 0 Å². The minimum Gasteiger partial charge on any atom is -0.370 e. The summed E-state index contributed by atoms with van der Waals surface area (Å²) in [6.45, 7) is 11.7. The Morgan fingerprint density at radius 3 is 2.54 bits per heavy atom. The van der Waals surface area contributed by atoms with Gasteiger partial charge < -0.3 is 15.5 Å². The highest BCUT2D eigenvalue weighted by atomic mass is 127. The summed E-state index contributed by atoms with van der Waals surface area (Å²) in [5.41, 5.74) is 2.60. The van der Waals surface area contributed by atoms with Gasteiger partial charge in [0.25, 0.3) is 0 Å². The number of thioether (sulfide) groups is 1. The summed E-state index contributed by atoms with van der Waals surface area (Å²) < 4.78 is 0. The highest BCUT2D eigenvalue weighted by Gasteiger charge is 2.22. The van der Waals surface area contributed by atoms with Crippen LogP contribution in [0.4, 0.5) is 5.69 Å². The van der Waals surface area contributed by atoms with Crippen LogP contribution >= 0.6 is 35.7 Å². The molecule has 2 N–H and O–H groups in total. The molecule has 2 fully saturated rings. The molecule has 2 heterocycles. The van der Waals surface area contributed by atoms with Crippen LogP contribution in [0.5, 0.6) is 0 Å². The second-order valence-corrected chi connectivity index (χ2v) is 8.49. The first-order valence-corrected chi connectivity index (χ1v) is 11.6. The van der Waals surface area contributed by atoms with E-state index in [0.29, 0.717) is 12.6 Å². The number of likely N-dealkylation sites (N-methyl/N-ethyl adjacent to an activating group) is 1. The molecule has 3 rings (SSSR count). The minimum absolute atomic E-state index is 0. The summed E-state index contributed by atoms with van der Waals surface area (Å²) in [5, 5.41) is 6.93. The lowest BCUT2D eigenvalue weighted by Crippen LogP contribution is -2.44. The van der Waals surface area contributed by atoms with E-state index < -0.39 is 0 Å². The second kappa shape index (κ2) is 12.8. The van der Waals surface area contributed by atoms with Crippen LogP contribution in [0.25, 0.3) is 0 Å². The number of halogens is 1. The SMILES string of the molecule is CCNC(=NCc1ccc(N2CCSCC2)cc1)NCC1CCCN1CC.I. The third-order valence-electron chi connectivity index (χ3n) is 5.49. The Bertz CT molecular complexity index is 589. The molecule has 0 spiro atoms. The monoisotopic (exact) mass is 517 g/mol. The van der Waals surface area contributed by atoms with E-state index in [1.54, 1.807) is 0 Å². The van der Waals surface area contributed by atoms with Crippen LogP contribution in [0.1, 0.15) is 32.3 Å². The van der Waals surface area contributed by atoms with Crippen molar-refractivity contribution < 1.29 is 0 Å². The summed E-state index contributed by atoms with van der Waals surface area (Å²) in [6, 6.07) is 9.58. The topological polar surface area (TPSA) is 42.9 Å². The Kier molecular flexibility index (Phi) is 10.8. The van der Waals surface area contributed by atoms with Gasteiger partial charge in [0, 0.05) is 49.4 Å². The molecule has 1 unspecified atom stereocenters. The molecule has 7 heteroatoms. The highest BCUT2D eigenvalue weighted by Crippen LogP contribution is 2.20. The Hall–Kier alpha value is -0.670. The lowest BCUT2D eigenvalue weighted by atomic mass is 10.2. The molecule has 158 valence electrons. The molecule has 0 bridgehead atoms. The quantitative estimate of drug-likeness (QED) is 0.330. The van der Waals surface area contributed by atoms with Gasteiger partial charge in [-0.2, -0.15) is 11.8 Å². The van der Waals surface area contributed by atoms with Gasteiger partial charge in [-0.3, -0.25) is 4.90 Å². The zero-order chi connectivity index (χ0) is 18.9. The van der Waals surface area contributed by atoms with Crippen LogP contribution in [0.2, 0.25) is 0 Å². The molecule has 0 aromatic heterocycles. The van der Waals surface area contributed by atoms with Gasteiger partial charge in [0.2, 0.25) is 0 Å². The van der Waals surface area contributed by atoms with E-state index in [1.165, 1.54) is 42.1 Å². The Morgan fingerprint density at radius 2 is 1.86 bits per heavy atom. The first kappa shape index (κ1) is 23.6. The summed E-state index contributed by atoms with van der Waals surface area (Å²) in [4.78, 5) is 9.84. The van der Waals surface area contributed by atoms with Crippen molar-refractivity contribution in [2.24, 2.45) is 4.99 Å². The number of hydrogen-bond acceptors (Lipinski definition) is 4. The lowest BCUT2D eigenvalue weighted by Gasteiger charge is -2.28. The molecule has 2 saturated heterocycles. The highest BCUT2D eigenvalue weighted by molar-refractivity contribution is 14.0. The van der Waals surface area contributed by atoms with E-state index in [0.717, 1.165) is 38.7 Å². The molecule has 0 amide bonds. The molecular formula is C21H36IN5S. The van der Waals surface area contributed by atoms with Gasteiger partial charge in [0.1, 0.15) is 0 Å². The third-order valence-corrected chi connectivity index (χ3v) is 6.43. The van der Waals surface area contributed by atoms with E-state index in [4.69, 9.17) is 4.99 Å². The van der Waals surface area contributed by atoms with Gasteiger partial charge in [0.05, 0.1) is 6.54 Å². The predicted octanol–water partition coefficient (Wildman–Crippen LogP) is 3.40. The Balaban J connectivity index is 0.00000280. The van der Waals surface area contributed by atoms with Gasteiger partial charge in [-0.05, 0) is 50.6 Å². The maximum Gasteiger partial charge on any atom is 0.191 e. The van der Waals surface area contributed by atoms with E-state index in [9.17, 15) is 0 Å².